The number of nitrogens with zero attached hydrogens (tertiary/aromatic N) is 2. The number of aryl methyl sites for hydroxylation is 2. The average molecular weight is 495 g/mol. The average Bonchev–Trinajstić information content (AvgIpc) is 3.24. The Morgan fingerprint density at radius 2 is 1.83 bits per heavy atom. The van der Waals surface area contributed by atoms with Crippen LogP contribution in [-0.4, -0.2) is 47.1 Å². The fourth-order valence-electron chi connectivity index (χ4n) is 4.31. The molecule has 0 saturated carbocycles. The van der Waals surface area contributed by atoms with Crippen LogP contribution in [0.25, 0.3) is 0 Å². The van der Waals surface area contributed by atoms with Gasteiger partial charge in [0, 0.05) is 13.6 Å². The van der Waals surface area contributed by atoms with Gasteiger partial charge in [-0.25, -0.2) is 4.39 Å². The van der Waals surface area contributed by atoms with Gasteiger partial charge in [0.05, 0.1) is 23.6 Å². The van der Waals surface area contributed by atoms with Crippen LogP contribution in [-0.2, 0) is 5.60 Å². The van der Waals surface area contributed by atoms with Crippen molar-refractivity contribution in [3.63, 3.8) is 0 Å². The van der Waals surface area contributed by atoms with Crippen molar-refractivity contribution >= 4 is 23.2 Å². The highest BCUT2D eigenvalue weighted by Crippen LogP contribution is 2.43. The lowest BCUT2D eigenvalue weighted by Crippen LogP contribution is -2.42. The van der Waals surface area contributed by atoms with Crippen LogP contribution in [0.5, 0.6) is 11.5 Å². The molecule has 2 aromatic carbocycles. The first-order chi connectivity index (χ1) is 16.9. The van der Waals surface area contributed by atoms with Gasteiger partial charge in [0.1, 0.15) is 23.0 Å². The molecule has 0 aliphatic carbocycles. The lowest BCUT2D eigenvalue weighted by molar-refractivity contribution is 0.0771. The summed E-state index contributed by atoms with van der Waals surface area (Å²) in [4.78, 5) is 31.8. The van der Waals surface area contributed by atoms with Gasteiger partial charge in [-0.3, -0.25) is 9.59 Å². The van der Waals surface area contributed by atoms with Gasteiger partial charge < -0.3 is 29.9 Å². The van der Waals surface area contributed by atoms with Crippen LogP contribution in [0.4, 0.5) is 15.8 Å². The highest BCUT2D eigenvalue weighted by atomic mass is 19.1. The van der Waals surface area contributed by atoms with Crippen molar-refractivity contribution in [2.45, 2.75) is 40.2 Å². The number of ether oxygens (including phenoxy) is 1. The molecule has 36 heavy (non-hydrogen) atoms. The molecule has 4 rings (SSSR count). The number of aliphatic hydroxyl groups is 1. The van der Waals surface area contributed by atoms with E-state index in [4.69, 9.17) is 4.74 Å². The van der Waals surface area contributed by atoms with E-state index >= 15 is 0 Å². The largest absolute Gasteiger partial charge is 0.455 e. The number of fused-ring (bicyclic) bond motifs is 1. The van der Waals surface area contributed by atoms with Gasteiger partial charge in [0.2, 0.25) is 0 Å². The summed E-state index contributed by atoms with van der Waals surface area (Å²) in [6, 6.07) is 9.77. The first kappa shape index (κ1) is 25.2. The molecule has 1 aromatic heterocycles. The topological polar surface area (TPSA) is 97.9 Å². The van der Waals surface area contributed by atoms with Crippen LogP contribution in [0, 0.1) is 19.7 Å². The maximum Gasteiger partial charge on any atom is 0.273 e. The Hall–Kier alpha value is -3.85. The molecule has 1 aliphatic rings. The van der Waals surface area contributed by atoms with E-state index in [1.165, 1.54) is 17.0 Å². The number of anilines is 2. The van der Waals surface area contributed by atoms with Gasteiger partial charge in [-0.1, -0.05) is 6.07 Å². The zero-order valence-corrected chi connectivity index (χ0v) is 21.3. The molecule has 2 amide bonds. The number of carbonyl (C=O) groups is 2. The minimum atomic E-state index is -1.14. The van der Waals surface area contributed by atoms with Crippen LogP contribution in [0.15, 0.2) is 36.4 Å². The summed E-state index contributed by atoms with van der Waals surface area (Å²) in [5.74, 6) is 0.0633. The molecule has 0 spiro atoms. The number of carbonyl (C=O) groups excluding carboxylic acids is 2. The lowest BCUT2D eigenvalue weighted by Gasteiger charge is -2.35. The number of hydrogen-bond donors (Lipinski definition) is 3. The maximum atomic E-state index is 13.9. The molecule has 0 saturated heterocycles. The Balaban J connectivity index is 1.88. The summed E-state index contributed by atoms with van der Waals surface area (Å²) < 4.78 is 20.2. The van der Waals surface area contributed by atoms with E-state index in [0.29, 0.717) is 46.1 Å². The Morgan fingerprint density at radius 1 is 1.17 bits per heavy atom. The number of H-pyrrole nitrogens is 1. The Kier molecular flexibility index (Phi) is 6.53. The van der Waals surface area contributed by atoms with Crippen molar-refractivity contribution in [2.75, 3.05) is 25.2 Å². The molecule has 0 fully saturated rings. The number of amides is 2. The Morgan fingerprint density at radius 3 is 2.44 bits per heavy atom. The Labute approximate surface area is 209 Å². The van der Waals surface area contributed by atoms with Crippen molar-refractivity contribution in [3.05, 3.63) is 70.3 Å². The molecular formula is C27H31FN4O4. The van der Waals surface area contributed by atoms with Crippen molar-refractivity contribution in [1.82, 2.24) is 15.2 Å². The second-order valence-corrected chi connectivity index (χ2v) is 9.59. The van der Waals surface area contributed by atoms with E-state index in [1.54, 1.807) is 59.0 Å². The highest BCUT2D eigenvalue weighted by Gasteiger charge is 2.33. The van der Waals surface area contributed by atoms with Crippen molar-refractivity contribution in [2.24, 2.45) is 0 Å². The van der Waals surface area contributed by atoms with Crippen LogP contribution in [0.1, 0.15) is 58.4 Å². The molecule has 3 N–H and O–H groups in total. The third-order valence-electron chi connectivity index (χ3n) is 6.18. The van der Waals surface area contributed by atoms with Crippen LogP contribution in [0.2, 0.25) is 0 Å². The summed E-state index contributed by atoms with van der Waals surface area (Å²) in [6.07, 6.45) is 0. The first-order valence-corrected chi connectivity index (χ1v) is 11.8. The summed E-state index contributed by atoms with van der Waals surface area (Å²) in [5, 5.41) is 13.5. The molecule has 0 atom stereocenters. The molecule has 1 aliphatic heterocycles. The number of rotatable bonds is 6. The van der Waals surface area contributed by atoms with Gasteiger partial charge in [0.15, 0.2) is 5.75 Å². The summed E-state index contributed by atoms with van der Waals surface area (Å²) >= 11 is 0. The minimum absolute atomic E-state index is 0.186. The lowest BCUT2D eigenvalue weighted by atomic mass is 9.97. The summed E-state index contributed by atoms with van der Waals surface area (Å²) in [5.41, 5.74) is 2.41. The number of halogens is 1. The van der Waals surface area contributed by atoms with Crippen LogP contribution in [0.3, 0.4) is 0 Å². The molecule has 0 unspecified atom stereocenters. The van der Waals surface area contributed by atoms with E-state index in [-0.39, 0.29) is 35.7 Å². The van der Waals surface area contributed by atoms with Gasteiger partial charge in [-0.2, -0.15) is 0 Å². The van der Waals surface area contributed by atoms with E-state index < -0.39 is 5.60 Å². The molecule has 190 valence electrons. The molecule has 8 nitrogen and oxygen atoms in total. The van der Waals surface area contributed by atoms with Gasteiger partial charge >= 0.3 is 0 Å². The van der Waals surface area contributed by atoms with Crippen molar-refractivity contribution in [1.29, 1.82) is 0 Å². The fraction of sp³-hybridized carbons (Fsp3) is 0.333. The normalized spacial score (nSPS) is 13.6. The standard InChI is InChI=1S/C27H31FN4O4/c1-7-29-25(33)19-13-21-23(30-19)26(34)31(6)14-32(21)20-12-17(27(4,5)35)8-9-22(20)36-24-15(2)10-18(28)11-16(24)3/h8-13,30,35H,7,14H2,1-6H3,(H,29,33). The van der Waals surface area contributed by atoms with Crippen LogP contribution >= 0.6 is 0 Å². The second-order valence-electron chi connectivity index (χ2n) is 9.59. The molecule has 3 aromatic rings. The van der Waals surface area contributed by atoms with E-state index in [2.05, 4.69) is 10.3 Å². The monoisotopic (exact) mass is 494 g/mol. The number of nitrogens with one attached hydrogen (secondary N) is 2. The molecule has 9 heteroatoms. The van der Waals surface area contributed by atoms with E-state index in [9.17, 15) is 19.1 Å². The third kappa shape index (κ3) is 4.66. The molecular weight excluding hydrogens is 463 g/mol. The zero-order chi connectivity index (χ0) is 26.4. The quantitative estimate of drug-likeness (QED) is 0.461. The first-order valence-electron chi connectivity index (χ1n) is 11.8. The SMILES string of the molecule is CCNC(=O)c1cc2c([nH]1)C(=O)N(C)CN2c1cc(C(C)(C)O)ccc1Oc1c(C)cc(F)cc1C. The molecule has 0 radical (unpaired) electrons. The number of hydrogen-bond acceptors (Lipinski definition) is 5. The maximum absolute atomic E-state index is 13.9. The second kappa shape index (κ2) is 9.31. The predicted molar refractivity (Wildman–Crippen MR) is 136 cm³/mol. The van der Waals surface area contributed by atoms with Gasteiger partial charge in [-0.15, -0.1) is 0 Å². The van der Waals surface area contributed by atoms with E-state index in [0.717, 1.165) is 0 Å². The van der Waals surface area contributed by atoms with Crippen molar-refractivity contribution in [3.8, 4) is 11.5 Å². The van der Waals surface area contributed by atoms with E-state index in [1.807, 2.05) is 11.8 Å². The summed E-state index contributed by atoms with van der Waals surface area (Å²) in [6.45, 7) is 9.35. The fourth-order valence-corrected chi connectivity index (χ4v) is 4.31. The van der Waals surface area contributed by atoms with Gasteiger partial charge in [0.25, 0.3) is 11.8 Å². The Bertz CT molecular complexity index is 1320. The minimum Gasteiger partial charge on any atom is -0.455 e. The highest BCUT2D eigenvalue weighted by molar-refractivity contribution is 6.05. The van der Waals surface area contributed by atoms with Crippen LogP contribution < -0.4 is 15.0 Å². The zero-order valence-electron chi connectivity index (χ0n) is 21.3. The van der Waals surface area contributed by atoms with Gasteiger partial charge in [-0.05, 0) is 81.6 Å². The third-order valence-corrected chi connectivity index (χ3v) is 6.18. The van der Waals surface area contributed by atoms with Crippen molar-refractivity contribution < 1.29 is 23.8 Å². The number of aromatic amines is 1. The number of benzene rings is 2. The number of aromatic nitrogens is 1. The molecule has 0 bridgehead atoms. The summed E-state index contributed by atoms with van der Waals surface area (Å²) in [7, 11) is 1.67. The molecule has 2 heterocycles. The predicted octanol–water partition coefficient (Wildman–Crippen LogP) is 4.72. The smallest absolute Gasteiger partial charge is 0.273 e.